The summed E-state index contributed by atoms with van der Waals surface area (Å²) in [4.78, 5) is 12.2. The van der Waals surface area contributed by atoms with Gasteiger partial charge in [0, 0.05) is 23.5 Å². The summed E-state index contributed by atoms with van der Waals surface area (Å²) in [6, 6.07) is 12.4. The molecular weight excluding hydrogens is 445 g/mol. The normalized spacial score (nSPS) is 21.1. The number of ether oxygens (including phenoxy) is 1. The van der Waals surface area contributed by atoms with Crippen LogP contribution in [0.4, 0.5) is 10.3 Å². The van der Waals surface area contributed by atoms with Gasteiger partial charge in [-0.25, -0.2) is 32.5 Å². The molecule has 10 heteroatoms. The average Bonchev–Trinajstić information content (AvgIpc) is 2.73. The lowest BCUT2D eigenvalue weighted by atomic mass is 9.96. The maximum absolute atomic E-state index is 14.1. The van der Waals surface area contributed by atoms with Gasteiger partial charge >= 0.3 is 0 Å². The highest BCUT2D eigenvalue weighted by Gasteiger charge is 2.48. The maximum atomic E-state index is 14.1. The molecule has 3 aromatic rings. The van der Waals surface area contributed by atoms with Gasteiger partial charge in [-0.15, -0.1) is 0 Å². The zero-order valence-corrected chi connectivity index (χ0v) is 19.2. The topological polar surface area (TPSA) is 120 Å². The van der Waals surface area contributed by atoms with E-state index in [2.05, 4.69) is 19.7 Å². The summed E-state index contributed by atoms with van der Waals surface area (Å²) in [5, 5.41) is -0.996. The Labute approximate surface area is 191 Å². The first kappa shape index (κ1) is 22.7. The molecule has 8 nitrogen and oxygen atoms in total. The molecule has 172 valence electrons. The first-order valence-corrected chi connectivity index (χ1v) is 11.8. The molecule has 4 rings (SSSR count). The standard InChI is InChI=1S/C23H24FN5O3S/c1-14(18-6-4-5-7-19(18)24)28-22-29-33(30,31)20(23(2,3)32-22)16-10-8-15(9-11-16)17-12-26-21(25)27-13-17/h4-14,20H,1-3H3,(H,28,29)(H2,25,26,27)/t14-,20?/m0/s1. The van der Waals surface area contributed by atoms with Crippen molar-refractivity contribution < 1.29 is 17.5 Å². The van der Waals surface area contributed by atoms with Gasteiger partial charge in [-0.3, -0.25) is 0 Å². The van der Waals surface area contributed by atoms with Gasteiger partial charge in [0.1, 0.15) is 16.7 Å². The van der Waals surface area contributed by atoms with Gasteiger partial charge in [0.25, 0.3) is 6.02 Å². The molecule has 0 aliphatic carbocycles. The van der Waals surface area contributed by atoms with Crippen LogP contribution in [0.1, 0.15) is 43.2 Å². The molecule has 1 unspecified atom stereocenters. The number of nitrogens with one attached hydrogen (secondary N) is 1. The third kappa shape index (κ3) is 4.65. The Bertz CT molecular complexity index is 1290. The highest BCUT2D eigenvalue weighted by molar-refractivity contribution is 7.90. The van der Waals surface area contributed by atoms with Crippen molar-refractivity contribution in [1.82, 2.24) is 14.7 Å². The lowest BCUT2D eigenvalue weighted by Gasteiger charge is -2.39. The molecule has 0 saturated carbocycles. The van der Waals surface area contributed by atoms with Crippen molar-refractivity contribution in [2.45, 2.75) is 37.7 Å². The van der Waals surface area contributed by atoms with Crippen LogP contribution in [0.5, 0.6) is 0 Å². The SMILES string of the molecule is C[C@H](N=C1NS(=O)(=O)C(c2ccc(-c3cnc(N)nc3)cc2)C(C)(C)O1)c1ccccc1F. The van der Waals surface area contributed by atoms with Gasteiger partial charge in [0.2, 0.25) is 16.0 Å². The fourth-order valence-corrected chi connectivity index (χ4v) is 5.67. The molecule has 2 aromatic carbocycles. The smallest absolute Gasteiger partial charge is 0.299 e. The van der Waals surface area contributed by atoms with Crippen LogP contribution < -0.4 is 10.5 Å². The second-order valence-electron chi connectivity index (χ2n) is 8.32. The molecule has 0 amide bonds. The van der Waals surface area contributed by atoms with Crippen molar-refractivity contribution in [3.63, 3.8) is 0 Å². The lowest BCUT2D eigenvalue weighted by Crippen LogP contribution is -2.53. The van der Waals surface area contributed by atoms with E-state index in [0.29, 0.717) is 11.1 Å². The Hall–Kier alpha value is -3.53. The van der Waals surface area contributed by atoms with E-state index < -0.39 is 32.7 Å². The predicted molar refractivity (Wildman–Crippen MR) is 124 cm³/mol. The molecule has 3 N–H and O–H groups in total. The summed E-state index contributed by atoms with van der Waals surface area (Å²) in [6.45, 7) is 5.03. The Morgan fingerprint density at radius 3 is 2.33 bits per heavy atom. The largest absolute Gasteiger partial charge is 0.457 e. The Balaban J connectivity index is 1.61. The minimum atomic E-state index is -3.90. The number of hydrogen-bond donors (Lipinski definition) is 2. The Kier molecular flexibility index (Phi) is 5.79. The van der Waals surface area contributed by atoms with Crippen molar-refractivity contribution in [2.24, 2.45) is 4.99 Å². The molecule has 0 radical (unpaired) electrons. The zero-order valence-electron chi connectivity index (χ0n) is 18.4. The van der Waals surface area contributed by atoms with Crippen LogP contribution in [-0.4, -0.2) is 30.0 Å². The van der Waals surface area contributed by atoms with Crippen molar-refractivity contribution >= 4 is 22.0 Å². The quantitative estimate of drug-likeness (QED) is 0.601. The highest BCUT2D eigenvalue weighted by atomic mass is 32.2. The average molecular weight is 470 g/mol. The molecular formula is C23H24FN5O3S. The highest BCUT2D eigenvalue weighted by Crippen LogP contribution is 2.39. The lowest BCUT2D eigenvalue weighted by molar-refractivity contribution is 0.0761. The first-order chi connectivity index (χ1) is 15.6. The van der Waals surface area contributed by atoms with E-state index in [4.69, 9.17) is 10.5 Å². The minimum Gasteiger partial charge on any atom is -0.457 e. The van der Waals surface area contributed by atoms with Crippen LogP contribution in [0.3, 0.4) is 0 Å². The molecule has 1 aliphatic heterocycles. The third-order valence-electron chi connectivity index (χ3n) is 5.42. The minimum absolute atomic E-state index is 0.164. The van der Waals surface area contributed by atoms with Gasteiger partial charge in [0.05, 0.1) is 6.04 Å². The fourth-order valence-electron chi connectivity index (χ4n) is 3.91. The summed E-state index contributed by atoms with van der Waals surface area (Å²) in [5.41, 5.74) is 6.86. The van der Waals surface area contributed by atoms with Crippen LogP contribution in [0.15, 0.2) is 65.9 Å². The van der Waals surface area contributed by atoms with Crippen LogP contribution in [0, 0.1) is 5.82 Å². The van der Waals surface area contributed by atoms with Gasteiger partial charge in [-0.05, 0) is 38.0 Å². The van der Waals surface area contributed by atoms with Crippen LogP contribution in [-0.2, 0) is 14.8 Å². The molecule has 2 atom stereocenters. The summed E-state index contributed by atoms with van der Waals surface area (Å²) in [5.74, 6) is -0.243. The van der Waals surface area contributed by atoms with Gasteiger partial charge in [-0.1, -0.05) is 42.5 Å². The van der Waals surface area contributed by atoms with E-state index >= 15 is 0 Å². The Morgan fingerprint density at radius 1 is 1.09 bits per heavy atom. The van der Waals surface area contributed by atoms with Gasteiger partial charge in [0.15, 0.2) is 0 Å². The van der Waals surface area contributed by atoms with Crippen molar-refractivity contribution in [3.8, 4) is 11.1 Å². The summed E-state index contributed by atoms with van der Waals surface area (Å²) < 4.78 is 48.9. The molecule has 0 bridgehead atoms. The van der Waals surface area contributed by atoms with E-state index in [9.17, 15) is 12.8 Å². The van der Waals surface area contributed by atoms with E-state index in [1.54, 1.807) is 75.6 Å². The van der Waals surface area contributed by atoms with Gasteiger partial charge < -0.3 is 10.5 Å². The Morgan fingerprint density at radius 2 is 1.73 bits per heavy atom. The summed E-state index contributed by atoms with van der Waals surface area (Å²) in [7, 11) is -3.90. The predicted octanol–water partition coefficient (Wildman–Crippen LogP) is 3.75. The number of anilines is 1. The number of hydrogen-bond acceptors (Lipinski definition) is 7. The van der Waals surface area contributed by atoms with Gasteiger partial charge in [-0.2, -0.15) is 0 Å². The summed E-state index contributed by atoms with van der Waals surface area (Å²) in [6.07, 6.45) is 3.20. The molecule has 1 aliphatic rings. The second kappa shape index (κ2) is 8.43. The van der Waals surface area contributed by atoms with E-state index in [1.165, 1.54) is 6.07 Å². The molecule has 0 spiro atoms. The van der Waals surface area contributed by atoms with Crippen LogP contribution in [0.25, 0.3) is 11.1 Å². The number of aromatic nitrogens is 2. The summed E-state index contributed by atoms with van der Waals surface area (Å²) >= 11 is 0. The first-order valence-electron chi connectivity index (χ1n) is 10.3. The molecule has 33 heavy (non-hydrogen) atoms. The number of amidine groups is 1. The monoisotopic (exact) mass is 469 g/mol. The molecule has 1 saturated heterocycles. The fraction of sp³-hybridized carbons (Fsp3) is 0.261. The number of aliphatic imine (C=N–C) groups is 1. The third-order valence-corrected chi connectivity index (χ3v) is 7.34. The maximum Gasteiger partial charge on any atom is 0.299 e. The van der Waals surface area contributed by atoms with E-state index in [0.717, 1.165) is 11.1 Å². The van der Waals surface area contributed by atoms with E-state index in [-0.39, 0.29) is 12.0 Å². The van der Waals surface area contributed by atoms with Crippen LogP contribution in [0.2, 0.25) is 0 Å². The van der Waals surface area contributed by atoms with Crippen molar-refractivity contribution in [1.29, 1.82) is 0 Å². The number of nitrogen functional groups attached to an aromatic ring is 1. The zero-order chi connectivity index (χ0) is 23.8. The molecule has 1 fully saturated rings. The van der Waals surface area contributed by atoms with E-state index in [1.807, 2.05) is 0 Å². The number of sulfonamides is 1. The number of rotatable bonds is 4. The van der Waals surface area contributed by atoms with Crippen LogP contribution >= 0.6 is 0 Å². The molecule has 1 aromatic heterocycles. The number of benzene rings is 2. The number of nitrogens with two attached hydrogens (primary N) is 1. The van der Waals surface area contributed by atoms with Crippen molar-refractivity contribution in [2.75, 3.05) is 5.73 Å². The number of nitrogens with zero attached hydrogens (tertiary/aromatic N) is 3. The second-order valence-corrected chi connectivity index (χ2v) is 10.1. The van der Waals surface area contributed by atoms with Crippen molar-refractivity contribution in [3.05, 3.63) is 77.9 Å². The number of halogens is 1. The molecule has 2 heterocycles.